The Morgan fingerprint density at radius 1 is 1.00 bits per heavy atom. The summed E-state index contributed by atoms with van der Waals surface area (Å²) < 4.78 is 34.4. The molecule has 1 aromatic heterocycles. The maximum atomic E-state index is 13.8. The van der Waals surface area contributed by atoms with Gasteiger partial charge in [0.2, 0.25) is 0 Å². The molecule has 0 spiro atoms. The first-order chi connectivity index (χ1) is 14.1. The molecule has 1 atom stereocenters. The van der Waals surface area contributed by atoms with Gasteiger partial charge in [0.1, 0.15) is 11.6 Å². The van der Waals surface area contributed by atoms with E-state index >= 15 is 0 Å². The lowest BCUT2D eigenvalue weighted by Crippen LogP contribution is -2.47. The summed E-state index contributed by atoms with van der Waals surface area (Å²) >= 11 is 0. The van der Waals surface area contributed by atoms with Crippen LogP contribution in [0.3, 0.4) is 0 Å². The number of alkyl halides is 2. The van der Waals surface area contributed by atoms with Gasteiger partial charge >= 0.3 is 6.55 Å². The van der Waals surface area contributed by atoms with E-state index in [-0.39, 0.29) is 6.04 Å². The quantitative estimate of drug-likeness (QED) is 0.600. The number of ether oxygens (including phenoxy) is 1. The molecule has 2 heterocycles. The van der Waals surface area contributed by atoms with E-state index in [9.17, 15) is 8.78 Å². The number of hydrogen-bond donors (Lipinski definition) is 0. The summed E-state index contributed by atoms with van der Waals surface area (Å²) in [6.07, 6.45) is 0. The number of para-hydroxylation sites is 4. The smallest absolute Gasteiger partial charge is 0.320 e. The van der Waals surface area contributed by atoms with E-state index in [1.807, 2.05) is 38.1 Å². The number of hydrogen-bond acceptors (Lipinski definition) is 4. The fourth-order valence-corrected chi connectivity index (χ4v) is 4.07. The van der Waals surface area contributed by atoms with Crippen molar-refractivity contribution < 1.29 is 13.5 Å². The van der Waals surface area contributed by atoms with Crippen LogP contribution < -0.4 is 9.64 Å². The van der Waals surface area contributed by atoms with Crippen LogP contribution in [0.25, 0.3) is 11.0 Å². The topological polar surface area (TPSA) is 33.5 Å². The van der Waals surface area contributed by atoms with E-state index in [1.165, 1.54) is 0 Å². The van der Waals surface area contributed by atoms with E-state index in [0.29, 0.717) is 23.5 Å². The Labute approximate surface area is 169 Å². The highest BCUT2D eigenvalue weighted by atomic mass is 19.3. The van der Waals surface area contributed by atoms with Crippen molar-refractivity contribution in [3.05, 3.63) is 54.4 Å². The van der Waals surface area contributed by atoms with Gasteiger partial charge in [-0.2, -0.15) is 8.78 Å². The number of halogens is 2. The molecule has 1 aliphatic heterocycles. The van der Waals surface area contributed by atoms with Gasteiger partial charge in [-0.05, 0) is 38.1 Å². The lowest BCUT2D eigenvalue weighted by atomic mass is 10.2. The molecular weight excluding hydrogens is 374 g/mol. The molecule has 4 rings (SSSR count). The highest BCUT2D eigenvalue weighted by molar-refractivity contribution is 5.76. The second-order valence-corrected chi connectivity index (χ2v) is 7.21. The number of piperazine rings is 1. The van der Waals surface area contributed by atoms with Crippen LogP contribution in [-0.4, -0.2) is 47.2 Å². The first kappa shape index (κ1) is 19.6. The second-order valence-electron chi connectivity index (χ2n) is 7.21. The number of benzene rings is 2. The van der Waals surface area contributed by atoms with Gasteiger partial charge in [-0.1, -0.05) is 24.3 Å². The summed E-state index contributed by atoms with van der Waals surface area (Å²) in [6, 6.07) is 14.9. The van der Waals surface area contributed by atoms with Crippen molar-refractivity contribution in [3.8, 4) is 5.75 Å². The van der Waals surface area contributed by atoms with Crippen molar-refractivity contribution in [2.75, 3.05) is 37.7 Å². The monoisotopic (exact) mass is 400 g/mol. The molecule has 0 radical (unpaired) electrons. The van der Waals surface area contributed by atoms with Crippen LogP contribution in [0.2, 0.25) is 0 Å². The highest BCUT2D eigenvalue weighted by Gasteiger charge is 2.28. The normalized spacial score (nSPS) is 16.5. The van der Waals surface area contributed by atoms with Crippen molar-refractivity contribution in [2.24, 2.45) is 0 Å². The maximum absolute atomic E-state index is 13.8. The molecule has 1 saturated heterocycles. The number of nitrogens with zero attached hydrogens (tertiary/aromatic N) is 4. The van der Waals surface area contributed by atoms with Crippen molar-refractivity contribution in [3.63, 3.8) is 0 Å². The minimum Gasteiger partial charge on any atom is -0.492 e. The summed E-state index contributed by atoms with van der Waals surface area (Å²) in [6.45, 7) is 5.11. The Morgan fingerprint density at radius 2 is 1.69 bits per heavy atom. The van der Waals surface area contributed by atoms with Crippen LogP contribution >= 0.6 is 0 Å². The van der Waals surface area contributed by atoms with Gasteiger partial charge in [-0.15, -0.1) is 0 Å². The van der Waals surface area contributed by atoms with E-state index in [0.717, 1.165) is 42.2 Å². The molecular formula is C22H26F2N4O. The average molecular weight is 400 g/mol. The zero-order valence-electron chi connectivity index (χ0n) is 16.8. The summed E-state index contributed by atoms with van der Waals surface area (Å²) in [5.41, 5.74) is 2.18. The molecule has 1 fully saturated rings. The molecule has 0 bridgehead atoms. The van der Waals surface area contributed by atoms with E-state index < -0.39 is 6.55 Å². The molecule has 7 heteroatoms. The first-order valence-electron chi connectivity index (χ1n) is 10.1. The average Bonchev–Trinajstić information content (AvgIpc) is 3.14. The van der Waals surface area contributed by atoms with Gasteiger partial charge in [0.25, 0.3) is 0 Å². The standard InChI is InChI=1S/C22H26F2N4O/c1-3-29-20-11-7-6-10-19(20)27-14-12-26(13-15-27)16(2)21-25-17-8-4-5-9-18(17)28(21)22(23)24/h4-11,16,22H,3,12-15H2,1-2H3/t16-/m1/s1. The van der Waals surface area contributed by atoms with Crippen molar-refractivity contribution in [1.29, 1.82) is 0 Å². The summed E-state index contributed by atoms with van der Waals surface area (Å²) in [5, 5.41) is 0. The second kappa shape index (κ2) is 8.37. The largest absolute Gasteiger partial charge is 0.492 e. The third-order valence-corrected chi connectivity index (χ3v) is 5.56. The SMILES string of the molecule is CCOc1ccccc1N1CCN([C@H](C)c2nc3ccccc3n2C(F)F)CC1. The molecule has 154 valence electrons. The van der Waals surface area contributed by atoms with Gasteiger partial charge < -0.3 is 9.64 Å². The van der Waals surface area contributed by atoms with Crippen LogP contribution in [0.5, 0.6) is 5.75 Å². The van der Waals surface area contributed by atoms with Gasteiger partial charge in [0.05, 0.1) is 29.4 Å². The molecule has 5 nitrogen and oxygen atoms in total. The molecule has 2 aromatic carbocycles. The third kappa shape index (κ3) is 3.79. The first-order valence-corrected chi connectivity index (χ1v) is 10.1. The number of imidazole rings is 1. The molecule has 0 amide bonds. The minimum absolute atomic E-state index is 0.194. The predicted molar refractivity (Wildman–Crippen MR) is 111 cm³/mol. The predicted octanol–water partition coefficient (Wildman–Crippen LogP) is 4.71. The van der Waals surface area contributed by atoms with Gasteiger partial charge in [0, 0.05) is 26.2 Å². The maximum Gasteiger partial charge on any atom is 0.320 e. The minimum atomic E-state index is -2.61. The van der Waals surface area contributed by atoms with E-state index in [1.54, 1.807) is 18.2 Å². The van der Waals surface area contributed by atoms with Crippen molar-refractivity contribution in [1.82, 2.24) is 14.5 Å². The Morgan fingerprint density at radius 3 is 2.41 bits per heavy atom. The molecule has 3 aromatic rings. The number of rotatable bonds is 6. The zero-order chi connectivity index (χ0) is 20.4. The highest BCUT2D eigenvalue weighted by Crippen LogP contribution is 2.32. The van der Waals surface area contributed by atoms with Gasteiger partial charge in [0.15, 0.2) is 0 Å². The fraction of sp³-hybridized carbons (Fsp3) is 0.409. The summed E-state index contributed by atoms with van der Waals surface area (Å²) in [7, 11) is 0. The lowest BCUT2D eigenvalue weighted by Gasteiger charge is -2.39. The zero-order valence-corrected chi connectivity index (χ0v) is 16.8. The molecule has 0 N–H and O–H groups in total. The Hall–Kier alpha value is -2.67. The third-order valence-electron chi connectivity index (χ3n) is 5.56. The Kier molecular flexibility index (Phi) is 5.67. The lowest BCUT2D eigenvalue weighted by molar-refractivity contribution is 0.0641. The van der Waals surface area contributed by atoms with Crippen molar-refractivity contribution >= 4 is 16.7 Å². The van der Waals surface area contributed by atoms with Crippen molar-refractivity contribution in [2.45, 2.75) is 26.4 Å². The number of aromatic nitrogens is 2. The van der Waals surface area contributed by atoms with Gasteiger partial charge in [-0.25, -0.2) is 4.98 Å². The fourth-order valence-electron chi connectivity index (χ4n) is 4.07. The number of fused-ring (bicyclic) bond motifs is 1. The van der Waals surface area contributed by atoms with Gasteiger partial charge in [-0.3, -0.25) is 9.47 Å². The molecule has 0 aliphatic carbocycles. The Balaban J connectivity index is 1.52. The van der Waals surface area contributed by atoms with Crippen LogP contribution in [0.15, 0.2) is 48.5 Å². The van der Waals surface area contributed by atoms with Crippen LogP contribution in [-0.2, 0) is 0 Å². The van der Waals surface area contributed by atoms with Crippen LogP contribution in [0, 0.1) is 0 Å². The molecule has 0 unspecified atom stereocenters. The summed E-state index contributed by atoms with van der Waals surface area (Å²) in [5.74, 6) is 1.31. The molecule has 1 aliphatic rings. The summed E-state index contributed by atoms with van der Waals surface area (Å²) in [4.78, 5) is 9.05. The van der Waals surface area contributed by atoms with Crippen LogP contribution in [0.1, 0.15) is 32.3 Å². The van der Waals surface area contributed by atoms with E-state index in [2.05, 4.69) is 20.9 Å². The number of anilines is 1. The van der Waals surface area contributed by atoms with E-state index in [4.69, 9.17) is 4.74 Å². The Bertz CT molecular complexity index is 966. The van der Waals surface area contributed by atoms with Crippen LogP contribution in [0.4, 0.5) is 14.5 Å². The molecule has 29 heavy (non-hydrogen) atoms. The molecule has 0 saturated carbocycles.